The van der Waals surface area contributed by atoms with Crippen LogP contribution >= 0.6 is 23.2 Å². The first kappa shape index (κ1) is 8.69. The number of anilines is 1. The molecule has 0 heterocycles. The van der Waals surface area contributed by atoms with Gasteiger partial charge in [0.1, 0.15) is 0 Å². The number of halogens is 2. The summed E-state index contributed by atoms with van der Waals surface area (Å²) in [5.74, 6) is 0. The number of hydrogen-bond acceptors (Lipinski definition) is 1. The summed E-state index contributed by atoms with van der Waals surface area (Å²) in [4.78, 5) is 0. The first-order chi connectivity index (χ1) is 5.15. The van der Waals surface area contributed by atoms with Gasteiger partial charge in [-0.3, -0.25) is 0 Å². The molecule has 0 atom stereocenters. The Hall–Kier alpha value is -0.400. The van der Waals surface area contributed by atoms with Gasteiger partial charge in [-0.2, -0.15) is 0 Å². The number of nitrogens with one attached hydrogen (secondary N) is 1. The Labute approximate surface area is 76.3 Å². The molecule has 1 nitrogen and oxygen atoms in total. The summed E-state index contributed by atoms with van der Waals surface area (Å²) in [6, 6.07) is 3.70. The molecule has 1 N–H and O–H groups in total. The van der Waals surface area contributed by atoms with Crippen LogP contribution in [0.2, 0.25) is 10.0 Å². The van der Waals surface area contributed by atoms with Crippen molar-refractivity contribution < 1.29 is 0 Å². The van der Waals surface area contributed by atoms with E-state index in [9.17, 15) is 0 Å². The summed E-state index contributed by atoms with van der Waals surface area (Å²) >= 11 is 11.7. The van der Waals surface area contributed by atoms with Gasteiger partial charge in [0, 0.05) is 22.8 Å². The molecule has 11 heavy (non-hydrogen) atoms. The average molecular weight is 190 g/mol. The monoisotopic (exact) mass is 189 g/mol. The van der Waals surface area contributed by atoms with Gasteiger partial charge in [0.2, 0.25) is 0 Å². The number of hydrogen-bond donors (Lipinski definition) is 1. The molecule has 0 unspecified atom stereocenters. The minimum atomic E-state index is 0.696. The molecule has 0 saturated carbocycles. The van der Waals surface area contributed by atoms with Crippen molar-refractivity contribution in [3.8, 4) is 0 Å². The second kappa shape index (κ2) is 3.33. The molecule has 0 aliphatic rings. The standard InChI is InChI=1S/C8H9Cl2N/c1-5-7(9)3-6(11-2)4-8(5)10/h3-4,11H,1-2H3. The fourth-order valence-electron chi connectivity index (χ4n) is 0.790. The predicted molar refractivity (Wildman–Crippen MR) is 50.7 cm³/mol. The van der Waals surface area contributed by atoms with Crippen molar-refractivity contribution >= 4 is 28.9 Å². The maximum atomic E-state index is 5.87. The van der Waals surface area contributed by atoms with Gasteiger partial charge >= 0.3 is 0 Å². The zero-order valence-corrected chi connectivity index (χ0v) is 7.92. The van der Waals surface area contributed by atoms with Gasteiger partial charge in [-0.05, 0) is 24.6 Å². The zero-order chi connectivity index (χ0) is 8.43. The van der Waals surface area contributed by atoms with Crippen molar-refractivity contribution in [2.45, 2.75) is 6.92 Å². The molecular formula is C8H9Cl2N. The van der Waals surface area contributed by atoms with Crippen LogP contribution in [-0.4, -0.2) is 7.05 Å². The quantitative estimate of drug-likeness (QED) is 0.715. The number of rotatable bonds is 1. The second-order valence-corrected chi connectivity index (χ2v) is 3.13. The van der Waals surface area contributed by atoms with Crippen LogP contribution in [0.5, 0.6) is 0 Å². The summed E-state index contributed by atoms with van der Waals surface area (Å²) in [6.45, 7) is 1.89. The van der Waals surface area contributed by atoms with Crippen molar-refractivity contribution in [3.63, 3.8) is 0 Å². The molecule has 60 valence electrons. The van der Waals surface area contributed by atoms with E-state index in [2.05, 4.69) is 5.32 Å². The van der Waals surface area contributed by atoms with Gasteiger partial charge in [0.15, 0.2) is 0 Å². The maximum Gasteiger partial charge on any atom is 0.0470 e. The summed E-state index contributed by atoms with van der Waals surface area (Å²) in [5, 5.41) is 4.36. The SMILES string of the molecule is CNc1cc(Cl)c(C)c(Cl)c1. The Morgan fingerprint density at radius 2 is 1.64 bits per heavy atom. The molecule has 1 aromatic carbocycles. The van der Waals surface area contributed by atoms with Crippen LogP contribution in [0.3, 0.4) is 0 Å². The first-order valence-corrected chi connectivity index (χ1v) is 4.04. The summed E-state index contributed by atoms with van der Waals surface area (Å²) < 4.78 is 0. The zero-order valence-electron chi connectivity index (χ0n) is 6.41. The average Bonchev–Trinajstić information content (AvgIpc) is 1.99. The molecule has 0 aliphatic heterocycles. The Morgan fingerprint density at radius 1 is 1.18 bits per heavy atom. The van der Waals surface area contributed by atoms with Crippen LogP contribution in [0.1, 0.15) is 5.56 Å². The third-order valence-corrected chi connectivity index (χ3v) is 2.35. The predicted octanol–water partition coefficient (Wildman–Crippen LogP) is 3.34. The Balaban J connectivity index is 3.21. The Kier molecular flexibility index (Phi) is 2.63. The van der Waals surface area contributed by atoms with Crippen molar-refractivity contribution in [1.29, 1.82) is 0 Å². The second-order valence-electron chi connectivity index (χ2n) is 2.31. The van der Waals surface area contributed by atoms with E-state index in [1.807, 2.05) is 26.1 Å². The smallest absolute Gasteiger partial charge is 0.0470 e. The van der Waals surface area contributed by atoms with Gasteiger partial charge in [0.05, 0.1) is 0 Å². The maximum absolute atomic E-state index is 5.87. The minimum Gasteiger partial charge on any atom is -0.388 e. The highest BCUT2D eigenvalue weighted by molar-refractivity contribution is 6.36. The fourth-order valence-corrected chi connectivity index (χ4v) is 1.28. The summed E-state index contributed by atoms with van der Waals surface area (Å²) in [5.41, 5.74) is 1.86. The van der Waals surface area contributed by atoms with Crippen LogP contribution in [0.15, 0.2) is 12.1 Å². The van der Waals surface area contributed by atoms with E-state index in [0.29, 0.717) is 10.0 Å². The summed E-state index contributed by atoms with van der Waals surface area (Å²) in [6.07, 6.45) is 0. The molecule has 3 heteroatoms. The van der Waals surface area contributed by atoms with Gasteiger partial charge in [0.25, 0.3) is 0 Å². The molecule has 0 amide bonds. The molecule has 0 aliphatic carbocycles. The highest BCUT2D eigenvalue weighted by Gasteiger charge is 2.01. The molecular weight excluding hydrogens is 181 g/mol. The molecule has 0 bridgehead atoms. The Bertz CT molecular complexity index is 248. The minimum absolute atomic E-state index is 0.696. The van der Waals surface area contributed by atoms with E-state index in [4.69, 9.17) is 23.2 Å². The van der Waals surface area contributed by atoms with Crippen molar-refractivity contribution in [2.24, 2.45) is 0 Å². The van der Waals surface area contributed by atoms with Crippen LogP contribution in [-0.2, 0) is 0 Å². The molecule has 0 aromatic heterocycles. The molecule has 0 radical (unpaired) electrons. The summed E-state index contributed by atoms with van der Waals surface area (Å²) in [7, 11) is 1.83. The Morgan fingerprint density at radius 3 is 2.00 bits per heavy atom. The van der Waals surface area contributed by atoms with Gasteiger partial charge in [-0.1, -0.05) is 23.2 Å². The third-order valence-electron chi connectivity index (χ3n) is 1.57. The van der Waals surface area contributed by atoms with E-state index in [0.717, 1.165) is 11.3 Å². The molecule has 1 rings (SSSR count). The molecule has 0 spiro atoms. The lowest BCUT2D eigenvalue weighted by Gasteiger charge is -2.04. The van der Waals surface area contributed by atoms with Gasteiger partial charge < -0.3 is 5.32 Å². The van der Waals surface area contributed by atoms with Crippen LogP contribution in [0.25, 0.3) is 0 Å². The van der Waals surface area contributed by atoms with Crippen molar-refractivity contribution in [3.05, 3.63) is 27.7 Å². The highest BCUT2D eigenvalue weighted by Crippen LogP contribution is 2.27. The molecule has 0 saturated heterocycles. The molecule has 1 aromatic rings. The number of benzene rings is 1. The van der Waals surface area contributed by atoms with Crippen LogP contribution in [0, 0.1) is 6.92 Å². The van der Waals surface area contributed by atoms with Gasteiger partial charge in [-0.25, -0.2) is 0 Å². The normalized spacial score (nSPS) is 9.82. The first-order valence-electron chi connectivity index (χ1n) is 3.28. The van der Waals surface area contributed by atoms with Crippen LogP contribution in [0.4, 0.5) is 5.69 Å². The fraction of sp³-hybridized carbons (Fsp3) is 0.250. The van der Waals surface area contributed by atoms with E-state index in [1.165, 1.54) is 0 Å². The molecule has 0 fully saturated rings. The van der Waals surface area contributed by atoms with Crippen molar-refractivity contribution in [1.82, 2.24) is 0 Å². The lowest BCUT2D eigenvalue weighted by atomic mass is 10.2. The third kappa shape index (κ3) is 1.79. The lowest BCUT2D eigenvalue weighted by Crippen LogP contribution is -1.88. The topological polar surface area (TPSA) is 12.0 Å². The van der Waals surface area contributed by atoms with E-state index in [-0.39, 0.29) is 0 Å². The largest absolute Gasteiger partial charge is 0.388 e. The van der Waals surface area contributed by atoms with E-state index >= 15 is 0 Å². The van der Waals surface area contributed by atoms with Crippen molar-refractivity contribution in [2.75, 3.05) is 12.4 Å². The lowest BCUT2D eigenvalue weighted by molar-refractivity contribution is 1.44. The van der Waals surface area contributed by atoms with Gasteiger partial charge in [-0.15, -0.1) is 0 Å². The van der Waals surface area contributed by atoms with Crippen LogP contribution < -0.4 is 5.32 Å². The van der Waals surface area contributed by atoms with E-state index in [1.54, 1.807) is 0 Å². The van der Waals surface area contributed by atoms with E-state index < -0.39 is 0 Å². The highest BCUT2D eigenvalue weighted by atomic mass is 35.5.